The van der Waals surface area contributed by atoms with E-state index in [4.69, 9.17) is 5.73 Å². The number of nitro benzene ring substituents is 1. The Labute approximate surface area is 169 Å². The highest BCUT2D eigenvalue weighted by Gasteiger charge is 2.18. The van der Waals surface area contributed by atoms with Gasteiger partial charge in [0.25, 0.3) is 5.69 Å². The van der Waals surface area contributed by atoms with Crippen molar-refractivity contribution in [1.82, 2.24) is 0 Å². The Bertz CT molecular complexity index is 1040. The van der Waals surface area contributed by atoms with Crippen molar-refractivity contribution in [3.63, 3.8) is 0 Å². The molecule has 4 nitrogen and oxygen atoms in total. The Kier molecular flexibility index (Phi) is 6.18. The van der Waals surface area contributed by atoms with Gasteiger partial charge in [-0.15, -0.1) is 11.1 Å². The van der Waals surface area contributed by atoms with Gasteiger partial charge in [-0.05, 0) is 24.3 Å². The molecule has 0 fully saturated rings. The van der Waals surface area contributed by atoms with Crippen LogP contribution in [0.25, 0.3) is 11.1 Å². The van der Waals surface area contributed by atoms with Gasteiger partial charge in [-0.2, -0.15) is 0 Å². The van der Waals surface area contributed by atoms with Crippen LogP contribution in [0.15, 0.2) is 36.4 Å². The predicted octanol–water partition coefficient (Wildman–Crippen LogP) is 5.30. The zero-order valence-corrected chi connectivity index (χ0v) is 19.3. The molecule has 2 rings (SSSR count). The van der Waals surface area contributed by atoms with Crippen molar-refractivity contribution in [1.29, 1.82) is 0 Å². The topological polar surface area (TPSA) is 69.2 Å². The van der Waals surface area contributed by atoms with E-state index in [-0.39, 0.29) is 10.6 Å². The van der Waals surface area contributed by atoms with Crippen LogP contribution in [0.4, 0.5) is 11.4 Å². The molecular weight excluding hydrogens is 380 g/mol. The fourth-order valence-corrected chi connectivity index (χ4v) is 3.43. The predicted molar refractivity (Wildman–Crippen MR) is 123 cm³/mol. The molecule has 0 atom stereocenters. The summed E-state index contributed by atoms with van der Waals surface area (Å²) >= 11 is 0. The van der Waals surface area contributed by atoms with Crippen LogP contribution < -0.4 is 5.73 Å². The molecule has 0 aromatic heterocycles. The number of nitrogen functional groups attached to an aromatic ring is 1. The monoisotopic (exact) mass is 406 g/mol. The van der Waals surface area contributed by atoms with Crippen LogP contribution in [-0.4, -0.2) is 21.1 Å². The van der Waals surface area contributed by atoms with Gasteiger partial charge in [-0.1, -0.05) is 57.2 Å². The van der Waals surface area contributed by atoms with Crippen molar-refractivity contribution >= 4 is 27.5 Å². The van der Waals surface area contributed by atoms with Crippen molar-refractivity contribution in [3.05, 3.63) is 57.6 Å². The average Bonchev–Trinajstić information content (AvgIpc) is 2.57. The Balaban J connectivity index is 2.50. The maximum atomic E-state index is 11.6. The molecule has 0 spiro atoms. The summed E-state index contributed by atoms with van der Waals surface area (Å²) in [6.07, 6.45) is 0. The lowest BCUT2D eigenvalue weighted by molar-refractivity contribution is -0.384. The van der Waals surface area contributed by atoms with Crippen molar-refractivity contribution in [2.24, 2.45) is 0 Å². The van der Waals surface area contributed by atoms with Gasteiger partial charge < -0.3 is 5.73 Å². The maximum absolute atomic E-state index is 11.6. The van der Waals surface area contributed by atoms with Crippen molar-refractivity contribution < 1.29 is 4.92 Å². The molecule has 0 aliphatic carbocycles. The fraction of sp³-hybridized carbons (Fsp3) is 0.273. The van der Waals surface area contributed by atoms with Gasteiger partial charge >= 0.3 is 0 Å². The van der Waals surface area contributed by atoms with Crippen LogP contribution in [-0.2, 0) is 0 Å². The van der Waals surface area contributed by atoms with Crippen LogP contribution >= 0.6 is 0 Å². The summed E-state index contributed by atoms with van der Waals surface area (Å²) in [6.45, 7) is 12.9. The molecule has 0 bridgehead atoms. The summed E-state index contributed by atoms with van der Waals surface area (Å²) in [5, 5.41) is 11.6. The quantitative estimate of drug-likeness (QED) is 0.242. The van der Waals surface area contributed by atoms with E-state index in [0.717, 1.165) is 5.56 Å². The van der Waals surface area contributed by atoms with Gasteiger partial charge in [0.15, 0.2) is 0 Å². The number of hydrogen-bond acceptors (Lipinski definition) is 3. The van der Waals surface area contributed by atoms with E-state index in [1.807, 2.05) is 12.1 Å². The first kappa shape index (κ1) is 21.5. The third kappa shape index (κ3) is 6.12. The highest BCUT2D eigenvalue weighted by molar-refractivity contribution is 6.84. The first-order chi connectivity index (χ1) is 12.9. The summed E-state index contributed by atoms with van der Waals surface area (Å²) in [7, 11) is -3.05. The summed E-state index contributed by atoms with van der Waals surface area (Å²) in [4.78, 5) is 11.3. The van der Waals surface area contributed by atoms with Crippen LogP contribution in [0, 0.1) is 33.0 Å². The van der Waals surface area contributed by atoms with Crippen molar-refractivity contribution in [2.75, 3.05) is 5.73 Å². The minimum absolute atomic E-state index is 0.00927. The molecule has 0 heterocycles. The Hall–Kier alpha value is -2.81. The largest absolute Gasteiger partial charge is 0.398 e. The lowest BCUT2D eigenvalue weighted by Gasteiger charge is -2.09. The average molecular weight is 407 g/mol. The van der Waals surface area contributed by atoms with Crippen LogP contribution in [0.5, 0.6) is 0 Å². The van der Waals surface area contributed by atoms with Gasteiger partial charge in [0, 0.05) is 28.4 Å². The van der Waals surface area contributed by atoms with Gasteiger partial charge in [0.05, 0.1) is 10.5 Å². The molecule has 2 aromatic rings. The smallest absolute Gasteiger partial charge is 0.278 e. The molecule has 0 aliphatic heterocycles. The summed E-state index contributed by atoms with van der Waals surface area (Å²) < 4.78 is 0. The van der Waals surface area contributed by atoms with Gasteiger partial charge in [-0.25, -0.2) is 0 Å². The number of anilines is 1. The zero-order chi connectivity index (χ0) is 21.1. The number of rotatable bonds is 2. The van der Waals surface area contributed by atoms with E-state index in [2.05, 4.69) is 62.2 Å². The third-order valence-corrected chi connectivity index (χ3v) is 5.45. The van der Waals surface area contributed by atoms with E-state index in [1.54, 1.807) is 18.2 Å². The standard InChI is InChI=1S/C22H26N2O2Si2/c1-27(2,3)13-11-17-7-9-19(21(23)15-17)20-10-8-18(12-14-28(4,5)6)16-22(20)24(25)26/h7-10,15-16H,23H2,1-6H3. The molecule has 2 aromatic carbocycles. The summed E-state index contributed by atoms with van der Waals surface area (Å²) in [5.74, 6) is 6.24. The molecule has 144 valence electrons. The van der Waals surface area contributed by atoms with E-state index < -0.39 is 16.1 Å². The minimum atomic E-state index is -1.56. The van der Waals surface area contributed by atoms with E-state index in [1.165, 1.54) is 6.07 Å². The normalized spacial score (nSPS) is 11.1. The molecule has 6 heteroatoms. The summed E-state index contributed by atoms with van der Waals surface area (Å²) in [6, 6.07) is 10.5. The molecule has 0 saturated carbocycles. The van der Waals surface area contributed by atoms with E-state index >= 15 is 0 Å². The summed E-state index contributed by atoms with van der Waals surface area (Å²) in [5.41, 5.74) is 15.8. The highest BCUT2D eigenvalue weighted by Crippen LogP contribution is 2.34. The van der Waals surface area contributed by atoms with Gasteiger partial charge in [0.1, 0.15) is 16.1 Å². The second kappa shape index (κ2) is 8.06. The van der Waals surface area contributed by atoms with Gasteiger partial charge in [0.2, 0.25) is 0 Å². The number of hydrogen-bond donors (Lipinski definition) is 1. The molecule has 0 amide bonds. The fourth-order valence-electron chi connectivity index (χ4n) is 2.39. The molecule has 2 N–H and O–H groups in total. The first-order valence-corrected chi connectivity index (χ1v) is 16.1. The molecule has 0 unspecified atom stereocenters. The molecule has 0 aliphatic rings. The Morgan fingerprint density at radius 2 is 1.29 bits per heavy atom. The Morgan fingerprint density at radius 3 is 1.71 bits per heavy atom. The number of benzene rings is 2. The van der Waals surface area contributed by atoms with Crippen molar-refractivity contribution in [2.45, 2.75) is 39.3 Å². The molecule has 0 radical (unpaired) electrons. The minimum Gasteiger partial charge on any atom is -0.398 e. The first-order valence-electron chi connectivity index (χ1n) is 9.10. The van der Waals surface area contributed by atoms with Crippen LogP contribution in [0.1, 0.15) is 11.1 Å². The molecule has 0 saturated heterocycles. The second-order valence-electron chi connectivity index (χ2n) is 8.79. The number of nitro groups is 1. The van der Waals surface area contributed by atoms with Crippen molar-refractivity contribution in [3.8, 4) is 34.1 Å². The third-order valence-electron chi connectivity index (χ3n) is 3.70. The lowest BCUT2D eigenvalue weighted by atomic mass is 9.99. The number of nitrogens with zero attached hydrogens (tertiary/aromatic N) is 1. The lowest BCUT2D eigenvalue weighted by Crippen LogP contribution is -2.16. The Morgan fingerprint density at radius 1 is 0.821 bits per heavy atom. The zero-order valence-electron chi connectivity index (χ0n) is 17.3. The maximum Gasteiger partial charge on any atom is 0.278 e. The SMILES string of the molecule is C[Si](C)(C)C#Cc1ccc(-c2ccc(C#C[Si](C)(C)C)cc2[N+](=O)[O-])c(N)c1. The molecule has 28 heavy (non-hydrogen) atoms. The molecular formula is C22H26N2O2Si2. The van der Waals surface area contributed by atoms with E-state index in [9.17, 15) is 10.1 Å². The highest BCUT2D eigenvalue weighted by atomic mass is 28.3. The van der Waals surface area contributed by atoms with E-state index in [0.29, 0.717) is 22.4 Å². The van der Waals surface area contributed by atoms with Crippen LogP contribution in [0.3, 0.4) is 0 Å². The van der Waals surface area contributed by atoms with Crippen LogP contribution in [0.2, 0.25) is 39.3 Å². The number of nitrogens with two attached hydrogens (primary N) is 1. The second-order valence-corrected chi connectivity index (χ2v) is 18.3. The van der Waals surface area contributed by atoms with Gasteiger partial charge in [-0.3, -0.25) is 10.1 Å².